The molecular formula is C11H20O. The van der Waals surface area contributed by atoms with E-state index in [1.54, 1.807) is 0 Å². The Balaban J connectivity index is 2.89. The van der Waals surface area contributed by atoms with Gasteiger partial charge in [0, 0.05) is 10.8 Å². The minimum atomic E-state index is -0.0833. The molecule has 1 aliphatic carbocycles. The van der Waals surface area contributed by atoms with Crippen LogP contribution in [0, 0.1) is 10.8 Å². The van der Waals surface area contributed by atoms with Crippen molar-refractivity contribution in [3.63, 3.8) is 0 Å². The summed E-state index contributed by atoms with van der Waals surface area (Å²) < 4.78 is 0. The number of rotatable bonds is 0. The molecule has 0 aromatic heterocycles. The van der Waals surface area contributed by atoms with Gasteiger partial charge in [-0.25, -0.2) is 0 Å². The molecule has 0 heterocycles. The molecule has 0 radical (unpaired) electrons. The molecule has 0 N–H and O–H groups in total. The third-order valence-electron chi connectivity index (χ3n) is 3.08. The zero-order valence-electron chi connectivity index (χ0n) is 8.74. The van der Waals surface area contributed by atoms with Crippen LogP contribution in [0.15, 0.2) is 0 Å². The van der Waals surface area contributed by atoms with E-state index >= 15 is 0 Å². The van der Waals surface area contributed by atoms with E-state index < -0.39 is 0 Å². The first-order valence-corrected chi connectivity index (χ1v) is 4.91. The highest BCUT2D eigenvalue weighted by molar-refractivity contribution is 5.89. The molecular weight excluding hydrogens is 148 g/mol. The Morgan fingerprint density at radius 3 is 1.58 bits per heavy atom. The Morgan fingerprint density at radius 1 is 0.917 bits per heavy atom. The Kier molecular flexibility index (Phi) is 2.33. The van der Waals surface area contributed by atoms with Crippen molar-refractivity contribution in [3.05, 3.63) is 0 Å². The van der Waals surface area contributed by atoms with E-state index in [-0.39, 0.29) is 10.8 Å². The van der Waals surface area contributed by atoms with Gasteiger partial charge in [0.1, 0.15) is 5.78 Å². The van der Waals surface area contributed by atoms with Gasteiger partial charge >= 0.3 is 0 Å². The summed E-state index contributed by atoms with van der Waals surface area (Å²) in [6, 6.07) is 0. The highest BCUT2D eigenvalue weighted by Crippen LogP contribution is 2.40. The Labute approximate surface area is 75.5 Å². The van der Waals surface area contributed by atoms with Crippen molar-refractivity contribution >= 4 is 5.78 Å². The predicted octanol–water partition coefficient (Wildman–Crippen LogP) is 3.18. The van der Waals surface area contributed by atoms with Crippen LogP contribution in [-0.2, 0) is 4.79 Å². The number of hydrogen-bond acceptors (Lipinski definition) is 1. The predicted molar refractivity (Wildman–Crippen MR) is 51.0 cm³/mol. The molecule has 1 fully saturated rings. The van der Waals surface area contributed by atoms with Crippen molar-refractivity contribution in [2.24, 2.45) is 10.8 Å². The fourth-order valence-electron chi connectivity index (χ4n) is 2.28. The highest BCUT2D eigenvalue weighted by Gasteiger charge is 2.40. The van der Waals surface area contributed by atoms with Gasteiger partial charge in [0.15, 0.2) is 0 Å². The summed E-state index contributed by atoms with van der Waals surface area (Å²) in [5, 5.41) is 0. The summed E-state index contributed by atoms with van der Waals surface area (Å²) in [7, 11) is 0. The highest BCUT2D eigenvalue weighted by atomic mass is 16.1. The average Bonchev–Trinajstić information content (AvgIpc) is 2.02. The van der Waals surface area contributed by atoms with E-state index in [1.807, 2.05) is 0 Å². The van der Waals surface area contributed by atoms with E-state index in [0.29, 0.717) is 5.78 Å². The lowest BCUT2D eigenvalue weighted by Crippen LogP contribution is -2.34. The Morgan fingerprint density at radius 2 is 1.25 bits per heavy atom. The first-order chi connectivity index (χ1) is 5.36. The average molecular weight is 168 g/mol. The third-order valence-corrected chi connectivity index (χ3v) is 3.08. The largest absolute Gasteiger partial charge is 0.299 e. The molecule has 0 unspecified atom stereocenters. The van der Waals surface area contributed by atoms with Gasteiger partial charge in [-0.15, -0.1) is 0 Å². The van der Waals surface area contributed by atoms with Gasteiger partial charge in [0.05, 0.1) is 0 Å². The molecule has 1 rings (SSSR count). The fourth-order valence-corrected chi connectivity index (χ4v) is 2.28. The molecule has 0 aromatic carbocycles. The molecule has 0 aromatic rings. The van der Waals surface area contributed by atoms with Gasteiger partial charge in [-0.1, -0.05) is 40.5 Å². The van der Waals surface area contributed by atoms with Crippen LogP contribution in [0.3, 0.4) is 0 Å². The van der Waals surface area contributed by atoms with Gasteiger partial charge in [0.2, 0.25) is 0 Å². The minimum Gasteiger partial charge on any atom is -0.299 e. The normalized spacial score (nSPS) is 28.2. The van der Waals surface area contributed by atoms with Crippen molar-refractivity contribution in [2.75, 3.05) is 0 Å². The molecule has 1 heteroatoms. The maximum atomic E-state index is 12.0. The second-order valence-electron chi connectivity index (χ2n) is 5.30. The topological polar surface area (TPSA) is 17.1 Å². The van der Waals surface area contributed by atoms with Crippen molar-refractivity contribution < 1.29 is 4.79 Å². The molecule has 70 valence electrons. The van der Waals surface area contributed by atoms with Gasteiger partial charge in [-0.3, -0.25) is 4.79 Å². The standard InChI is InChI=1S/C11H20O/c1-10(2)7-5-6-8-11(3,4)9(10)12/h5-8H2,1-4H3. The fraction of sp³-hybridized carbons (Fsp3) is 0.909. The number of ketones is 1. The van der Waals surface area contributed by atoms with Crippen LogP contribution in [-0.4, -0.2) is 5.78 Å². The van der Waals surface area contributed by atoms with Gasteiger partial charge in [-0.2, -0.15) is 0 Å². The molecule has 0 amide bonds. The zero-order chi connectivity index (χ0) is 9.41. The summed E-state index contributed by atoms with van der Waals surface area (Å²) in [4.78, 5) is 12.0. The molecule has 0 spiro atoms. The van der Waals surface area contributed by atoms with E-state index in [0.717, 1.165) is 12.8 Å². The van der Waals surface area contributed by atoms with Crippen LogP contribution < -0.4 is 0 Å². The summed E-state index contributed by atoms with van der Waals surface area (Å²) >= 11 is 0. The van der Waals surface area contributed by atoms with Gasteiger partial charge in [0.25, 0.3) is 0 Å². The lowest BCUT2D eigenvalue weighted by Gasteiger charge is -2.29. The van der Waals surface area contributed by atoms with E-state index in [9.17, 15) is 4.79 Å². The van der Waals surface area contributed by atoms with E-state index in [1.165, 1.54) is 12.8 Å². The van der Waals surface area contributed by atoms with Crippen molar-refractivity contribution in [3.8, 4) is 0 Å². The SMILES string of the molecule is CC1(C)CCCCC(C)(C)C1=O. The number of hydrogen-bond donors (Lipinski definition) is 0. The van der Waals surface area contributed by atoms with Crippen molar-refractivity contribution in [1.29, 1.82) is 0 Å². The second kappa shape index (κ2) is 2.86. The first kappa shape index (κ1) is 9.76. The van der Waals surface area contributed by atoms with Crippen LogP contribution in [0.25, 0.3) is 0 Å². The molecule has 0 saturated heterocycles. The molecule has 1 saturated carbocycles. The lowest BCUT2D eigenvalue weighted by atomic mass is 9.73. The lowest BCUT2D eigenvalue weighted by molar-refractivity contribution is -0.135. The Hall–Kier alpha value is -0.330. The smallest absolute Gasteiger partial charge is 0.144 e. The minimum absolute atomic E-state index is 0.0833. The third kappa shape index (κ3) is 1.70. The summed E-state index contributed by atoms with van der Waals surface area (Å²) in [6.45, 7) is 8.34. The summed E-state index contributed by atoms with van der Waals surface area (Å²) in [6.07, 6.45) is 4.55. The molecule has 0 aliphatic heterocycles. The summed E-state index contributed by atoms with van der Waals surface area (Å²) in [5.74, 6) is 0.451. The monoisotopic (exact) mass is 168 g/mol. The Bertz CT molecular complexity index is 169. The summed E-state index contributed by atoms with van der Waals surface area (Å²) in [5.41, 5.74) is -0.167. The zero-order valence-corrected chi connectivity index (χ0v) is 8.74. The van der Waals surface area contributed by atoms with Crippen LogP contribution in [0.2, 0.25) is 0 Å². The maximum absolute atomic E-state index is 12.0. The number of carbonyl (C=O) groups excluding carboxylic acids is 1. The quantitative estimate of drug-likeness (QED) is 0.508. The van der Waals surface area contributed by atoms with Gasteiger partial charge < -0.3 is 0 Å². The number of Topliss-reactive ketones (excluding diaryl/α,β-unsaturated/α-hetero) is 1. The van der Waals surface area contributed by atoms with Crippen LogP contribution in [0.4, 0.5) is 0 Å². The first-order valence-electron chi connectivity index (χ1n) is 4.91. The second-order valence-corrected chi connectivity index (χ2v) is 5.30. The van der Waals surface area contributed by atoms with E-state index in [4.69, 9.17) is 0 Å². The molecule has 1 nitrogen and oxygen atoms in total. The van der Waals surface area contributed by atoms with Crippen LogP contribution in [0.5, 0.6) is 0 Å². The van der Waals surface area contributed by atoms with Crippen molar-refractivity contribution in [1.82, 2.24) is 0 Å². The maximum Gasteiger partial charge on any atom is 0.144 e. The molecule has 12 heavy (non-hydrogen) atoms. The molecule has 0 bridgehead atoms. The van der Waals surface area contributed by atoms with E-state index in [2.05, 4.69) is 27.7 Å². The van der Waals surface area contributed by atoms with Crippen LogP contribution in [0.1, 0.15) is 53.4 Å². The molecule has 0 atom stereocenters. The van der Waals surface area contributed by atoms with Crippen LogP contribution >= 0.6 is 0 Å². The number of carbonyl (C=O) groups is 1. The molecule has 1 aliphatic rings. The van der Waals surface area contributed by atoms with Gasteiger partial charge in [-0.05, 0) is 12.8 Å². The van der Waals surface area contributed by atoms with Crippen molar-refractivity contribution in [2.45, 2.75) is 53.4 Å².